The van der Waals surface area contributed by atoms with Gasteiger partial charge < -0.3 is 15.5 Å². The van der Waals surface area contributed by atoms with E-state index in [-0.39, 0.29) is 17.7 Å². The van der Waals surface area contributed by atoms with Crippen molar-refractivity contribution in [3.05, 3.63) is 28.2 Å². The number of aliphatic carboxylic acids is 1. The van der Waals surface area contributed by atoms with Crippen LogP contribution in [0.1, 0.15) is 48.9 Å². The number of carbonyl (C=O) groups excluding carboxylic acids is 1. The predicted octanol–water partition coefficient (Wildman–Crippen LogP) is 3.06. The topological polar surface area (TPSA) is 86.6 Å². The highest BCUT2D eigenvalue weighted by Gasteiger charge is 2.36. The zero-order valence-electron chi connectivity index (χ0n) is 11.6. The van der Waals surface area contributed by atoms with Crippen LogP contribution in [0.4, 0.5) is 0 Å². The third-order valence-corrected chi connectivity index (χ3v) is 4.38. The lowest BCUT2D eigenvalue weighted by molar-refractivity contribution is -0.139. The molecule has 3 N–H and O–H groups in total. The Hall–Kier alpha value is -1.56. The number of carbonyl (C=O) groups is 2. The van der Waals surface area contributed by atoms with E-state index < -0.39 is 17.4 Å². The molecular weight excluding hydrogens is 338 g/mol. The minimum atomic E-state index is -0.919. The molecule has 21 heavy (non-hydrogen) atoms. The summed E-state index contributed by atoms with van der Waals surface area (Å²) in [5.41, 5.74) is -0.547. The van der Waals surface area contributed by atoms with Gasteiger partial charge in [0.05, 0.1) is 17.5 Å². The first-order valence-corrected chi connectivity index (χ1v) is 7.74. The highest BCUT2D eigenvalue weighted by Crippen LogP contribution is 2.32. The van der Waals surface area contributed by atoms with Crippen LogP contribution in [0, 0.1) is 0 Å². The lowest BCUT2D eigenvalue weighted by atomic mass is 9.79. The molecule has 1 aromatic rings. The Morgan fingerprint density at radius 3 is 2.48 bits per heavy atom. The molecule has 0 atom stereocenters. The van der Waals surface area contributed by atoms with Crippen LogP contribution in [0.25, 0.3) is 0 Å². The van der Waals surface area contributed by atoms with Crippen LogP contribution in [0.3, 0.4) is 0 Å². The van der Waals surface area contributed by atoms with Crippen molar-refractivity contribution in [1.29, 1.82) is 0 Å². The highest BCUT2D eigenvalue weighted by molar-refractivity contribution is 9.10. The SMILES string of the molecule is O=C(O)CC1(NC(=O)c2ccc(Br)cc2O)CCCCC1. The minimum absolute atomic E-state index is 0.0873. The second-order valence-corrected chi connectivity index (χ2v) is 6.44. The number of phenolic OH excluding ortho intramolecular Hbond substituents is 1. The van der Waals surface area contributed by atoms with Crippen molar-refractivity contribution < 1.29 is 19.8 Å². The number of carboxylic acid groups (broad SMARTS) is 1. The first kappa shape index (κ1) is 15.8. The van der Waals surface area contributed by atoms with Crippen molar-refractivity contribution in [2.75, 3.05) is 0 Å². The molecule has 1 amide bonds. The Balaban J connectivity index is 2.19. The molecule has 1 aromatic carbocycles. The predicted molar refractivity (Wildman–Crippen MR) is 81.3 cm³/mol. The van der Waals surface area contributed by atoms with E-state index in [0.717, 1.165) is 19.3 Å². The van der Waals surface area contributed by atoms with E-state index in [2.05, 4.69) is 21.2 Å². The van der Waals surface area contributed by atoms with Crippen molar-refractivity contribution in [1.82, 2.24) is 5.32 Å². The Morgan fingerprint density at radius 2 is 1.90 bits per heavy atom. The first-order chi connectivity index (χ1) is 9.92. The number of aromatic hydroxyl groups is 1. The molecule has 0 bridgehead atoms. The van der Waals surface area contributed by atoms with Gasteiger partial charge >= 0.3 is 5.97 Å². The summed E-state index contributed by atoms with van der Waals surface area (Å²) in [7, 11) is 0. The largest absolute Gasteiger partial charge is 0.507 e. The minimum Gasteiger partial charge on any atom is -0.507 e. The summed E-state index contributed by atoms with van der Waals surface area (Å²) in [5.74, 6) is -1.47. The third kappa shape index (κ3) is 3.97. The first-order valence-electron chi connectivity index (χ1n) is 6.95. The Kier molecular flexibility index (Phi) is 4.88. The number of nitrogens with one attached hydrogen (secondary N) is 1. The number of hydrogen-bond acceptors (Lipinski definition) is 3. The van der Waals surface area contributed by atoms with Crippen LogP contribution >= 0.6 is 15.9 Å². The van der Waals surface area contributed by atoms with E-state index in [1.165, 1.54) is 12.1 Å². The summed E-state index contributed by atoms with van der Waals surface area (Å²) >= 11 is 3.22. The van der Waals surface area contributed by atoms with Gasteiger partial charge in [-0.3, -0.25) is 9.59 Å². The van der Waals surface area contributed by atoms with Crippen molar-refractivity contribution in [2.24, 2.45) is 0 Å². The van der Waals surface area contributed by atoms with Gasteiger partial charge in [-0.25, -0.2) is 0 Å². The van der Waals surface area contributed by atoms with Crippen LogP contribution in [-0.2, 0) is 4.79 Å². The average Bonchev–Trinajstić information content (AvgIpc) is 2.38. The molecule has 0 aliphatic heterocycles. The molecule has 5 nitrogen and oxygen atoms in total. The summed E-state index contributed by atoms with van der Waals surface area (Å²) in [6.07, 6.45) is 4.08. The van der Waals surface area contributed by atoms with Crippen LogP contribution < -0.4 is 5.32 Å². The highest BCUT2D eigenvalue weighted by atomic mass is 79.9. The van der Waals surface area contributed by atoms with Gasteiger partial charge in [-0.2, -0.15) is 0 Å². The number of rotatable bonds is 4. The second kappa shape index (κ2) is 6.47. The summed E-state index contributed by atoms with van der Waals surface area (Å²) in [4.78, 5) is 23.4. The fraction of sp³-hybridized carbons (Fsp3) is 0.467. The van der Waals surface area contributed by atoms with E-state index in [9.17, 15) is 14.7 Å². The van der Waals surface area contributed by atoms with Crippen LogP contribution in [0.5, 0.6) is 5.75 Å². The van der Waals surface area contributed by atoms with E-state index >= 15 is 0 Å². The maximum absolute atomic E-state index is 12.4. The zero-order chi connectivity index (χ0) is 15.5. The van der Waals surface area contributed by atoms with Crippen LogP contribution in [0.15, 0.2) is 22.7 Å². The van der Waals surface area contributed by atoms with Gasteiger partial charge in [0.15, 0.2) is 0 Å². The summed E-state index contributed by atoms with van der Waals surface area (Å²) < 4.78 is 0.675. The molecule has 1 aliphatic carbocycles. The number of hydrogen-bond donors (Lipinski definition) is 3. The van der Waals surface area contributed by atoms with Gasteiger partial charge in [-0.1, -0.05) is 35.2 Å². The summed E-state index contributed by atoms with van der Waals surface area (Å²) in [5, 5.41) is 21.8. The van der Waals surface area contributed by atoms with Gasteiger partial charge in [0.1, 0.15) is 5.75 Å². The molecule has 114 valence electrons. The molecule has 1 fully saturated rings. The number of amides is 1. The van der Waals surface area contributed by atoms with Gasteiger partial charge in [0.2, 0.25) is 0 Å². The molecule has 0 unspecified atom stereocenters. The fourth-order valence-electron chi connectivity index (χ4n) is 2.87. The van der Waals surface area contributed by atoms with Crippen molar-refractivity contribution in [2.45, 2.75) is 44.1 Å². The quantitative estimate of drug-likeness (QED) is 0.774. The Morgan fingerprint density at radius 1 is 1.24 bits per heavy atom. The maximum atomic E-state index is 12.4. The van der Waals surface area contributed by atoms with E-state index in [1.807, 2.05) is 0 Å². The molecule has 6 heteroatoms. The third-order valence-electron chi connectivity index (χ3n) is 3.88. The zero-order valence-corrected chi connectivity index (χ0v) is 13.1. The number of carboxylic acids is 1. The normalized spacial score (nSPS) is 17.2. The molecular formula is C15H18BrNO4. The molecule has 0 radical (unpaired) electrons. The van der Waals surface area contributed by atoms with Crippen molar-refractivity contribution in [3.63, 3.8) is 0 Å². The number of halogens is 1. The van der Waals surface area contributed by atoms with Gasteiger partial charge in [0.25, 0.3) is 5.91 Å². The van der Waals surface area contributed by atoms with Gasteiger partial charge in [-0.05, 0) is 31.0 Å². The number of phenols is 1. The second-order valence-electron chi connectivity index (χ2n) is 5.53. The number of benzene rings is 1. The fourth-order valence-corrected chi connectivity index (χ4v) is 3.22. The van der Waals surface area contributed by atoms with E-state index in [0.29, 0.717) is 17.3 Å². The summed E-state index contributed by atoms with van der Waals surface area (Å²) in [6.45, 7) is 0. The standard InChI is InChI=1S/C15H18BrNO4/c16-10-4-5-11(12(18)8-10)14(21)17-15(9-13(19)20)6-2-1-3-7-15/h4-5,8,18H,1-3,6-7,9H2,(H,17,21)(H,19,20). The molecule has 0 spiro atoms. The smallest absolute Gasteiger partial charge is 0.305 e. The summed E-state index contributed by atoms with van der Waals surface area (Å²) in [6, 6.07) is 4.63. The van der Waals surface area contributed by atoms with Crippen molar-refractivity contribution in [3.8, 4) is 5.75 Å². The molecule has 1 saturated carbocycles. The molecule has 2 rings (SSSR count). The van der Waals surface area contributed by atoms with E-state index in [4.69, 9.17) is 5.11 Å². The Labute approximate surface area is 131 Å². The monoisotopic (exact) mass is 355 g/mol. The van der Waals surface area contributed by atoms with Gasteiger partial charge in [0, 0.05) is 4.47 Å². The maximum Gasteiger partial charge on any atom is 0.305 e. The Bertz CT molecular complexity index is 553. The lowest BCUT2D eigenvalue weighted by Gasteiger charge is -2.37. The van der Waals surface area contributed by atoms with Crippen LogP contribution in [0.2, 0.25) is 0 Å². The van der Waals surface area contributed by atoms with Gasteiger partial charge in [-0.15, -0.1) is 0 Å². The molecule has 0 saturated heterocycles. The molecule has 1 aliphatic rings. The molecule has 0 aromatic heterocycles. The van der Waals surface area contributed by atoms with Crippen LogP contribution in [-0.4, -0.2) is 27.6 Å². The molecule has 0 heterocycles. The van der Waals surface area contributed by atoms with E-state index in [1.54, 1.807) is 6.07 Å². The van der Waals surface area contributed by atoms with Crippen molar-refractivity contribution >= 4 is 27.8 Å². The lowest BCUT2D eigenvalue weighted by Crippen LogP contribution is -2.51. The average molecular weight is 356 g/mol.